The Morgan fingerprint density at radius 3 is 1.89 bits per heavy atom. The summed E-state index contributed by atoms with van der Waals surface area (Å²) in [7, 11) is 0. The predicted molar refractivity (Wildman–Crippen MR) is 160 cm³/mol. The molecule has 6 aromatic carbocycles. The number of hydrogen-bond acceptors (Lipinski definition) is 1. The number of fused-ring (bicyclic) bond motifs is 9. The van der Waals surface area contributed by atoms with Gasteiger partial charge in [-0.15, -0.1) is 11.8 Å². The molecular weight excluding hydrogens is 464 g/mol. The summed E-state index contributed by atoms with van der Waals surface area (Å²) in [6.45, 7) is 0. The van der Waals surface area contributed by atoms with Crippen LogP contribution in [0.25, 0.3) is 49.0 Å². The van der Waals surface area contributed by atoms with E-state index in [-0.39, 0.29) is 0 Å². The normalized spacial score (nSPS) is 18.2. The number of rotatable bonds is 2. The second-order valence-electron chi connectivity index (χ2n) is 10.0. The fourth-order valence-corrected chi connectivity index (χ4v) is 7.97. The topological polar surface area (TPSA) is 0 Å². The summed E-state index contributed by atoms with van der Waals surface area (Å²) in [6.07, 6.45) is 6.95. The van der Waals surface area contributed by atoms with Crippen LogP contribution in [-0.4, -0.2) is 5.25 Å². The Hall–Kier alpha value is -4.07. The molecule has 37 heavy (non-hydrogen) atoms. The average Bonchev–Trinajstić information content (AvgIpc) is 3.37. The molecular formula is C36H24S. The number of benzene rings is 6. The smallest absolute Gasteiger partial charge is 0.0454 e. The van der Waals surface area contributed by atoms with Crippen molar-refractivity contribution < 1.29 is 0 Å². The van der Waals surface area contributed by atoms with Crippen molar-refractivity contribution in [3.8, 4) is 11.1 Å². The van der Waals surface area contributed by atoms with Crippen molar-refractivity contribution in [1.29, 1.82) is 0 Å². The predicted octanol–water partition coefficient (Wildman–Crippen LogP) is 10.0. The van der Waals surface area contributed by atoms with E-state index in [1.807, 2.05) is 11.8 Å². The van der Waals surface area contributed by atoms with Crippen LogP contribution in [0.1, 0.15) is 17.0 Å². The summed E-state index contributed by atoms with van der Waals surface area (Å²) in [4.78, 5) is 1.43. The minimum atomic E-state index is 0.408. The number of thioether (sulfide) groups is 1. The van der Waals surface area contributed by atoms with E-state index >= 15 is 0 Å². The third-order valence-corrected chi connectivity index (χ3v) is 9.53. The zero-order chi connectivity index (χ0) is 24.3. The van der Waals surface area contributed by atoms with Gasteiger partial charge in [-0.25, -0.2) is 0 Å². The Morgan fingerprint density at radius 1 is 0.514 bits per heavy atom. The molecule has 0 saturated carbocycles. The minimum Gasteiger partial charge on any atom is -0.116 e. The second-order valence-corrected chi connectivity index (χ2v) is 11.2. The molecule has 0 aromatic heterocycles. The quantitative estimate of drug-likeness (QED) is 0.219. The van der Waals surface area contributed by atoms with Gasteiger partial charge in [0.1, 0.15) is 0 Å². The van der Waals surface area contributed by atoms with Gasteiger partial charge in [0, 0.05) is 16.1 Å². The summed E-state index contributed by atoms with van der Waals surface area (Å²) in [5.41, 5.74) is 6.85. The van der Waals surface area contributed by atoms with Crippen LogP contribution in [0.5, 0.6) is 0 Å². The van der Waals surface area contributed by atoms with E-state index in [1.165, 1.54) is 65.0 Å². The number of hydrogen-bond donors (Lipinski definition) is 0. The molecule has 2 unspecified atom stereocenters. The van der Waals surface area contributed by atoms with Crippen LogP contribution >= 0.6 is 11.8 Å². The number of allylic oxidation sites excluding steroid dienone is 3. The standard InChI is InChI=1S/C36H24S/c1-2-10-23(11-3-1)25-16-8-18-32-33-19-9-17-26(36(33)37-35(25)32)24-20-21-31-29-14-5-4-12-27(29)28-13-6-7-15-30(28)34(31)22-24/h1-22,32,35H. The first-order valence-electron chi connectivity index (χ1n) is 12.9. The molecule has 0 amide bonds. The van der Waals surface area contributed by atoms with Crippen LogP contribution < -0.4 is 0 Å². The van der Waals surface area contributed by atoms with Crippen LogP contribution in [-0.2, 0) is 0 Å². The van der Waals surface area contributed by atoms with Gasteiger partial charge in [0.2, 0.25) is 0 Å². The Morgan fingerprint density at radius 2 is 1.16 bits per heavy atom. The molecule has 1 aliphatic heterocycles. The Labute approximate surface area is 221 Å². The second kappa shape index (κ2) is 8.23. The highest BCUT2D eigenvalue weighted by molar-refractivity contribution is 8.01. The van der Waals surface area contributed by atoms with E-state index in [2.05, 4.69) is 133 Å². The third-order valence-electron chi connectivity index (χ3n) is 8.04. The zero-order valence-electron chi connectivity index (χ0n) is 20.3. The third kappa shape index (κ3) is 3.17. The van der Waals surface area contributed by atoms with E-state index in [0.29, 0.717) is 11.2 Å². The lowest BCUT2D eigenvalue weighted by Gasteiger charge is -2.23. The van der Waals surface area contributed by atoms with Gasteiger partial charge in [-0.1, -0.05) is 127 Å². The van der Waals surface area contributed by atoms with Crippen LogP contribution in [0.15, 0.2) is 138 Å². The van der Waals surface area contributed by atoms with Crippen LogP contribution in [0.2, 0.25) is 0 Å². The maximum absolute atomic E-state index is 2.42. The van der Waals surface area contributed by atoms with E-state index in [0.717, 1.165) is 0 Å². The highest BCUT2D eigenvalue weighted by Gasteiger charge is 2.37. The molecule has 0 radical (unpaired) electrons. The molecule has 0 bridgehead atoms. The Balaban J connectivity index is 1.31. The molecule has 1 heterocycles. The van der Waals surface area contributed by atoms with Gasteiger partial charge in [0.25, 0.3) is 0 Å². The maximum atomic E-state index is 2.42. The first-order chi connectivity index (χ1) is 18.4. The zero-order valence-corrected chi connectivity index (χ0v) is 21.1. The Bertz CT molecular complexity index is 1870. The summed E-state index contributed by atoms with van der Waals surface area (Å²) in [6, 6.07) is 42.5. The fraction of sp³-hybridized carbons (Fsp3) is 0.0556. The SMILES string of the molecule is C1=CC2c3cccc(-c4ccc5c6ccccc6c6ccccc6c5c4)c3SC2C(c2ccccc2)=C1. The molecule has 0 saturated heterocycles. The minimum absolute atomic E-state index is 0.408. The average molecular weight is 489 g/mol. The molecule has 2 aliphatic rings. The molecule has 0 fully saturated rings. The van der Waals surface area contributed by atoms with E-state index in [4.69, 9.17) is 0 Å². The largest absolute Gasteiger partial charge is 0.116 e. The first-order valence-corrected chi connectivity index (χ1v) is 13.8. The summed E-state index contributed by atoms with van der Waals surface area (Å²) >= 11 is 2.04. The summed E-state index contributed by atoms with van der Waals surface area (Å²) in [5, 5.41) is 8.36. The monoisotopic (exact) mass is 488 g/mol. The first kappa shape index (κ1) is 21.1. The van der Waals surface area contributed by atoms with Gasteiger partial charge in [-0.3, -0.25) is 0 Å². The van der Waals surface area contributed by atoms with Gasteiger partial charge in [-0.05, 0) is 66.2 Å². The van der Waals surface area contributed by atoms with E-state index in [9.17, 15) is 0 Å². The van der Waals surface area contributed by atoms with Crippen LogP contribution in [0.4, 0.5) is 0 Å². The molecule has 8 rings (SSSR count). The van der Waals surface area contributed by atoms with Gasteiger partial charge in [0.05, 0.1) is 0 Å². The van der Waals surface area contributed by atoms with Crippen LogP contribution in [0, 0.1) is 0 Å². The highest BCUT2D eigenvalue weighted by Crippen LogP contribution is 2.55. The summed E-state index contributed by atoms with van der Waals surface area (Å²) in [5.74, 6) is 0.408. The molecule has 174 valence electrons. The van der Waals surface area contributed by atoms with Gasteiger partial charge < -0.3 is 0 Å². The fourth-order valence-electron chi connectivity index (χ4n) is 6.34. The lowest BCUT2D eigenvalue weighted by molar-refractivity contribution is 0.893. The molecule has 0 nitrogen and oxygen atoms in total. The van der Waals surface area contributed by atoms with Crippen molar-refractivity contribution in [3.63, 3.8) is 0 Å². The van der Waals surface area contributed by atoms with Gasteiger partial charge >= 0.3 is 0 Å². The lowest BCUT2D eigenvalue weighted by atomic mass is 9.84. The molecule has 0 spiro atoms. The van der Waals surface area contributed by atoms with E-state index < -0.39 is 0 Å². The van der Waals surface area contributed by atoms with Crippen molar-refractivity contribution in [1.82, 2.24) is 0 Å². The van der Waals surface area contributed by atoms with Crippen molar-refractivity contribution in [2.45, 2.75) is 16.1 Å². The molecule has 6 aromatic rings. The highest BCUT2D eigenvalue weighted by atomic mass is 32.2. The van der Waals surface area contributed by atoms with Gasteiger partial charge in [0.15, 0.2) is 0 Å². The van der Waals surface area contributed by atoms with Crippen molar-refractivity contribution >= 4 is 49.7 Å². The lowest BCUT2D eigenvalue weighted by Crippen LogP contribution is -2.13. The molecule has 2 atom stereocenters. The van der Waals surface area contributed by atoms with E-state index in [1.54, 1.807) is 0 Å². The Kier molecular flexibility index (Phi) is 4.68. The van der Waals surface area contributed by atoms with Crippen molar-refractivity contribution in [3.05, 3.63) is 145 Å². The van der Waals surface area contributed by atoms with Gasteiger partial charge in [-0.2, -0.15) is 0 Å². The summed E-state index contributed by atoms with van der Waals surface area (Å²) < 4.78 is 0. The molecule has 1 heteroatoms. The van der Waals surface area contributed by atoms with Crippen molar-refractivity contribution in [2.75, 3.05) is 0 Å². The van der Waals surface area contributed by atoms with Crippen LogP contribution in [0.3, 0.4) is 0 Å². The maximum Gasteiger partial charge on any atom is 0.0454 e. The van der Waals surface area contributed by atoms with Crippen molar-refractivity contribution in [2.24, 2.45) is 0 Å². The molecule has 1 aliphatic carbocycles. The molecule has 0 N–H and O–H groups in total.